The van der Waals surface area contributed by atoms with Gasteiger partial charge in [0, 0.05) is 12.1 Å². The molecule has 3 rings (SSSR count). The van der Waals surface area contributed by atoms with Gasteiger partial charge < -0.3 is 14.7 Å². The lowest BCUT2D eigenvalue weighted by Crippen LogP contribution is -2.30. The zero-order chi connectivity index (χ0) is 18.7. The molecule has 0 aliphatic carbocycles. The van der Waals surface area contributed by atoms with Gasteiger partial charge in [0.2, 0.25) is 0 Å². The number of aliphatic hydroxyl groups excluding tert-OH is 1. The van der Waals surface area contributed by atoms with E-state index >= 15 is 0 Å². The van der Waals surface area contributed by atoms with Crippen molar-refractivity contribution in [1.82, 2.24) is 4.90 Å². The van der Waals surface area contributed by atoms with Gasteiger partial charge in [-0.1, -0.05) is 37.3 Å². The summed E-state index contributed by atoms with van der Waals surface area (Å²) in [5.74, 6) is -0.748. The number of methoxy groups -OCH3 is 1. The van der Waals surface area contributed by atoms with Gasteiger partial charge in [-0.25, -0.2) is 0 Å². The molecule has 1 N–H and O–H groups in total. The summed E-state index contributed by atoms with van der Waals surface area (Å²) in [6.07, 6.45) is 0.721. The second-order valence-corrected chi connectivity index (χ2v) is 6.13. The maximum Gasteiger partial charge on any atom is 0.295 e. The van der Waals surface area contributed by atoms with Crippen molar-refractivity contribution in [3.8, 4) is 5.75 Å². The number of benzene rings is 2. The van der Waals surface area contributed by atoms with E-state index in [1.54, 1.807) is 31.4 Å². The van der Waals surface area contributed by atoms with E-state index in [2.05, 4.69) is 0 Å². The molecule has 0 unspecified atom stereocenters. The maximum atomic E-state index is 12.7. The molecule has 1 heterocycles. The summed E-state index contributed by atoms with van der Waals surface area (Å²) in [7, 11) is 1.56. The number of amides is 1. The van der Waals surface area contributed by atoms with Crippen LogP contribution in [0.4, 0.5) is 0 Å². The molecule has 2 aromatic rings. The Bertz CT molecular complexity index is 840. The van der Waals surface area contributed by atoms with Gasteiger partial charge in [-0.2, -0.15) is 0 Å². The number of hydrogen-bond donors (Lipinski definition) is 1. The summed E-state index contributed by atoms with van der Waals surface area (Å²) >= 11 is 0. The van der Waals surface area contributed by atoms with Crippen molar-refractivity contribution in [2.45, 2.75) is 19.4 Å². The lowest BCUT2D eigenvalue weighted by Gasteiger charge is -2.24. The largest absolute Gasteiger partial charge is 0.507 e. The van der Waals surface area contributed by atoms with Crippen LogP contribution in [0.5, 0.6) is 5.75 Å². The van der Waals surface area contributed by atoms with Crippen LogP contribution in [-0.4, -0.2) is 35.4 Å². The highest BCUT2D eigenvalue weighted by molar-refractivity contribution is 6.46. The number of nitrogens with zero attached hydrogens (tertiary/aromatic N) is 1. The Balaban J connectivity index is 2.14. The number of hydrogen-bond acceptors (Lipinski definition) is 4. The molecule has 0 radical (unpaired) electrons. The molecule has 1 amide bonds. The van der Waals surface area contributed by atoms with Gasteiger partial charge in [-0.3, -0.25) is 9.59 Å². The molecule has 134 valence electrons. The molecule has 0 saturated carbocycles. The lowest BCUT2D eigenvalue weighted by molar-refractivity contribution is -0.139. The standard InChI is InChI=1S/C21H21NO4/c1-3-13-22-18(14-7-5-4-6-8-14)17(20(24)21(22)25)19(23)15-9-11-16(26-2)12-10-15/h4-12,18,23H,3,13H2,1-2H3/t18-/m0/s1. The molecule has 1 aliphatic rings. The molecule has 1 atom stereocenters. The molecule has 1 aliphatic heterocycles. The van der Waals surface area contributed by atoms with Gasteiger partial charge in [0.25, 0.3) is 11.7 Å². The van der Waals surface area contributed by atoms with Gasteiger partial charge in [0.15, 0.2) is 0 Å². The predicted molar refractivity (Wildman–Crippen MR) is 98.7 cm³/mol. The average molecular weight is 351 g/mol. The molecule has 0 spiro atoms. The molecular formula is C21H21NO4. The molecule has 0 bridgehead atoms. The summed E-state index contributed by atoms with van der Waals surface area (Å²) in [4.78, 5) is 26.7. The number of ether oxygens (including phenoxy) is 1. The number of likely N-dealkylation sites (tertiary alicyclic amines) is 1. The van der Waals surface area contributed by atoms with E-state index in [9.17, 15) is 14.7 Å². The van der Waals surface area contributed by atoms with Crippen LogP contribution in [0.15, 0.2) is 60.2 Å². The molecule has 26 heavy (non-hydrogen) atoms. The van der Waals surface area contributed by atoms with Crippen LogP contribution in [-0.2, 0) is 9.59 Å². The summed E-state index contributed by atoms with van der Waals surface area (Å²) in [6, 6.07) is 15.5. The topological polar surface area (TPSA) is 66.8 Å². The first kappa shape index (κ1) is 17.7. The van der Waals surface area contributed by atoms with Crippen LogP contribution in [0.2, 0.25) is 0 Å². The van der Waals surface area contributed by atoms with Gasteiger partial charge >= 0.3 is 0 Å². The Hall–Kier alpha value is -3.08. The van der Waals surface area contributed by atoms with Crippen LogP contribution in [0, 0.1) is 0 Å². The van der Waals surface area contributed by atoms with Crippen molar-refractivity contribution in [2.24, 2.45) is 0 Å². The van der Waals surface area contributed by atoms with E-state index in [-0.39, 0.29) is 11.3 Å². The first-order chi connectivity index (χ1) is 12.6. The third-order valence-electron chi connectivity index (χ3n) is 4.48. The number of carbonyl (C=O) groups is 2. The highest BCUT2D eigenvalue weighted by Gasteiger charge is 2.45. The minimum absolute atomic E-state index is 0.125. The first-order valence-corrected chi connectivity index (χ1v) is 8.56. The predicted octanol–water partition coefficient (Wildman–Crippen LogP) is 3.53. The number of Topliss-reactive ketones (excluding diaryl/α,β-unsaturated/α-hetero) is 1. The normalized spacial score (nSPS) is 19.0. The number of aliphatic hydroxyl groups is 1. The van der Waals surface area contributed by atoms with E-state index < -0.39 is 17.7 Å². The Morgan fingerprint density at radius 1 is 1.08 bits per heavy atom. The third-order valence-corrected chi connectivity index (χ3v) is 4.48. The van der Waals surface area contributed by atoms with E-state index in [1.807, 2.05) is 37.3 Å². The quantitative estimate of drug-likeness (QED) is 0.508. The van der Waals surface area contributed by atoms with Crippen LogP contribution in [0.3, 0.4) is 0 Å². The summed E-state index contributed by atoms with van der Waals surface area (Å²) in [5.41, 5.74) is 1.40. The maximum absolute atomic E-state index is 12.7. The van der Waals surface area contributed by atoms with Crippen molar-refractivity contribution < 1.29 is 19.4 Å². The van der Waals surface area contributed by atoms with Crippen LogP contribution >= 0.6 is 0 Å². The van der Waals surface area contributed by atoms with Gasteiger partial charge in [0.05, 0.1) is 18.7 Å². The second-order valence-electron chi connectivity index (χ2n) is 6.13. The average Bonchev–Trinajstić information content (AvgIpc) is 2.93. The first-order valence-electron chi connectivity index (χ1n) is 8.56. The SMILES string of the molecule is CCCN1C(=O)C(=O)C(=C(O)c2ccc(OC)cc2)[C@@H]1c1ccccc1. The Kier molecular flexibility index (Phi) is 5.07. The van der Waals surface area contributed by atoms with Gasteiger partial charge in [-0.15, -0.1) is 0 Å². The molecule has 1 saturated heterocycles. The minimum atomic E-state index is -0.652. The van der Waals surface area contributed by atoms with Crippen molar-refractivity contribution >= 4 is 17.4 Å². The fraction of sp³-hybridized carbons (Fsp3) is 0.238. The smallest absolute Gasteiger partial charge is 0.295 e. The van der Waals surface area contributed by atoms with E-state index in [0.717, 1.165) is 12.0 Å². The Labute approximate surface area is 152 Å². The summed E-state index contributed by atoms with van der Waals surface area (Å²) in [6.45, 7) is 2.40. The van der Waals surface area contributed by atoms with Crippen LogP contribution in [0.25, 0.3) is 5.76 Å². The highest BCUT2D eigenvalue weighted by Crippen LogP contribution is 2.39. The lowest BCUT2D eigenvalue weighted by atomic mass is 9.95. The van der Waals surface area contributed by atoms with Crippen LogP contribution < -0.4 is 4.74 Å². The monoisotopic (exact) mass is 351 g/mol. The molecule has 5 heteroatoms. The van der Waals surface area contributed by atoms with E-state index in [0.29, 0.717) is 17.9 Å². The minimum Gasteiger partial charge on any atom is -0.507 e. The van der Waals surface area contributed by atoms with Gasteiger partial charge in [0.1, 0.15) is 11.5 Å². The highest BCUT2D eigenvalue weighted by atomic mass is 16.5. The molecule has 1 fully saturated rings. The third kappa shape index (κ3) is 3.08. The van der Waals surface area contributed by atoms with E-state index in [4.69, 9.17) is 4.74 Å². The van der Waals surface area contributed by atoms with Crippen molar-refractivity contribution in [3.63, 3.8) is 0 Å². The number of rotatable bonds is 5. The number of carbonyl (C=O) groups excluding carboxylic acids is 2. The molecular weight excluding hydrogens is 330 g/mol. The second kappa shape index (κ2) is 7.44. The Morgan fingerprint density at radius 2 is 1.73 bits per heavy atom. The van der Waals surface area contributed by atoms with Crippen LogP contribution in [0.1, 0.15) is 30.5 Å². The van der Waals surface area contributed by atoms with Crippen molar-refractivity contribution in [2.75, 3.05) is 13.7 Å². The molecule has 2 aromatic carbocycles. The summed E-state index contributed by atoms with van der Waals surface area (Å²) < 4.78 is 5.13. The molecule has 0 aromatic heterocycles. The van der Waals surface area contributed by atoms with Crippen molar-refractivity contribution in [1.29, 1.82) is 0 Å². The van der Waals surface area contributed by atoms with Gasteiger partial charge in [-0.05, 0) is 36.2 Å². The fourth-order valence-electron chi connectivity index (χ4n) is 3.24. The van der Waals surface area contributed by atoms with Crippen molar-refractivity contribution in [3.05, 3.63) is 71.3 Å². The summed E-state index contributed by atoms with van der Waals surface area (Å²) in [5, 5.41) is 10.8. The Morgan fingerprint density at radius 3 is 2.31 bits per heavy atom. The fourth-order valence-corrected chi connectivity index (χ4v) is 3.24. The van der Waals surface area contributed by atoms with E-state index in [1.165, 1.54) is 4.90 Å². The number of ketones is 1. The molecule has 5 nitrogen and oxygen atoms in total. The zero-order valence-corrected chi connectivity index (χ0v) is 14.8. The zero-order valence-electron chi connectivity index (χ0n) is 14.8.